The zero-order valence-corrected chi connectivity index (χ0v) is 7.74. The van der Waals surface area contributed by atoms with Crippen molar-refractivity contribution in [2.24, 2.45) is 0 Å². The number of rotatable bonds is 4. The first-order chi connectivity index (χ1) is 4.98. The minimum atomic E-state index is -3.33. The first-order valence-electron chi connectivity index (χ1n) is 2.92. The molecule has 0 aliphatic rings. The van der Waals surface area contributed by atoms with Crippen LogP contribution in [0.1, 0.15) is 6.92 Å². The molecule has 1 N–H and O–H groups in total. The lowest BCUT2D eigenvalue weighted by Crippen LogP contribution is -2.12. The zero-order valence-electron chi connectivity index (χ0n) is 6.11. The summed E-state index contributed by atoms with van der Waals surface area (Å²) in [6, 6.07) is 0. The Hall–Kier alpha value is -0.0700. The molecule has 0 aliphatic carbocycles. The van der Waals surface area contributed by atoms with Gasteiger partial charge in [-0.05, 0) is 0 Å². The van der Waals surface area contributed by atoms with E-state index in [1.54, 1.807) is 0 Å². The first kappa shape index (κ1) is 10.9. The molecule has 0 aromatic rings. The van der Waals surface area contributed by atoms with Gasteiger partial charge in [0.1, 0.15) is 5.94 Å². The van der Waals surface area contributed by atoms with Crippen molar-refractivity contribution in [2.45, 2.75) is 6.92 Å². The van der Waals surface area contributed by atoms with E-state index < -0.39 is 15.8 Å². The van der Waals surface area contributed by atoms with E-state index in [0.717, 1.165) is 11.8 Å². The molecular weight excluding hydrogens is 188 g/mol. The van der Waals surface area contributed by atoms with E-state index in [0.29, 0.717) is 0 Å². The summed E-state index contributed by atoms with van der Waals surface area (Å²) in [5.41, 5.74) is 0. The average molecular weight is 198 g/mol. The number of thioether (sulfide) groups is 1. The van der Waals surface area contributed by atoms with E-state index in [-0.39, 0.29) is 16.6 Å². The summed E-state index contributed by atoms with van der Waals surface area (Å²) in [6.07, 6.45) is 0. The molecule has 4 nitrogen and oxygen atoms in total. The van der Waals surface area contributed by atoms with Gasteiger partial charge in [0.05, 0.1) is 5.75 Å². The van der Waals surface area contributed by atoms with E-state index in [1.807, 2.05) is 0 Å². The molecule has 6 heteroatoms. The Morgan fingerprint density at radius 2 is 2.09 bits per heavy atom. The van der Waals surface area contributed by atoms with Gasteiger partial charge in [-0.2, -0.15) is 0 Å². The molecular formula is C5H10O4S2. The van der Waals surface area contributed by atoms with Crippen molar-refractivity contribution < 1.29 is 18.3 Å². The molecule has 0 unspecified atom stereocenters. The Bertz CT molecular complexity index is 219. The molecule has 0 radical (unpaired) electrons. The third-order valence-corrected chi connectivity index (χ3v) is 3.19. The normalized spacial score (nSPS) is 11.5. The van der Waals surface area contributed by atoms with Crippen LogP contribution in [0.2, 0.25) is 0 Å². The Morgan fingerprint density at radius 3 is 2.45 bits per heavy atom. The molecule has 0 saturated heterocycles. The fourth-order valence-corrected chi connectivity index (χ4v) is 2.14. The first-order valence-corrected chi connectivity index (χ1v) is 5.73. The molecule has 0 aromatic carbocycles. The number of aliphatic hydroxyl groups excluding tert-OH is 1. The van der Waals surface area contributed by atoms with Gasteiger partial charge in [0.15, 0.2) is 15.0 Å². The van der Waals surface area contributed by atoms with Gasteiger partial charge in [-0.15, -0.1) is 0 Å². The summed E-state index contributed by atoms with van der Waals surface area (Å²) in [5.74, 6) is -0.766. The number of carbonyl (C=O) groups excluding carboxylic acids is 1. The van der Waals surface area contributed by atoms with E-state index in [2.05, 4.69) is 0 Å². The van der Waals surface area contributed by atoms with Gasteiger partial charge in [-0.25, -0.2) is 8.42 Å². The van der Waals surface area contributed by atoms with Crippen molar-refractivity contribution in [2.75, 3.05) is 17.4 Å². The maximum atomic E-state index is 10.6. The van der Waals surface area contributed by atoms with Crippen LogP contribution in [0.5, 0.6) is 0 Å². The quantitative estimate of drug-likeness (QED) is 0.667. The topological polar surface area (TPSA) is 71.4 Å². The predicted octanol–water partition coefficient (Wildman–Crippen LogP) is -0.369. The van der Waals surface area contributed by atoms with Gasteiger partial charge >= 0.3 is 0 Å². The SMILES string of the molecule is CC(=O)SCCS(=O)(=O)CO. The molecule has 11 heavy (non-hydrogen) atoms. The monoisotopic (exact) mass is 198 g/mol. The summed E-state index contributed by atoms with van der Waals surface area (Å²) >= 11 is 0.944. The number of sulfone groups is 1. The van der Waals surface area contributed by atoms with Crippen LogP contribution in [0.3, 0.4) is 0 Å². The van der Waals surface area contributed by atoms with Crippen molar-refractivity contribution in [3.8, 4) is 0 Å². The fraction of sp³-hybridized carbons (Fsp3) is 0.800. The second kappa shape index (κ2) is 4.74. The largest absolute Gasteiger partial charge is 0.380 e. The molecule has 0 heterocycles. The standard InChI is InChI=1S/C5H10O4S2/c1-5(7)10-2-3-11(8,9)4-6/h6H,2-4H2,1H3. The zero-order chi connectivity index (χ0) is 8.91. The van der Waals surface area contributed by atoms with Crippen LogP contribution in [0.15, 0.2) is 0 Å². The maximum Gasteiger partial charge on any atom is 0.185 e. The van der Waals surface area contributed by atoms with Crippen LogP contribution < -0.4 is 0 Å². The Morgan fingerprint density at radius 1 is 1.55 bits per heavy atom. The fourth-order valence-electron chi connectivity index (χ4n) is 0.377. The molecule has 0 spiro atoms. The lowest BCUT2D eigenvalue weighted by molar-refractivity contribution is -0.109. The summed E-state index contributed by atoms with van der Waals surface area (Å²) in [4.78, 5) is 10.3. The van der Waals surface area contributed by atoms with Crippen molar-refractivity contribution in [3.05, 3.63) is 0 Å². The van der Waals surface area contributed by atoms with E-state index in [1.165, 1.54) is 6.92 Å². The molecule has 0 bridgehead atoms. The second-order valence-corrected chi connectivity index (χ2v) is 5.34. The Labute approximate surface area is 69.9 Å². The van der Waals surface area contributed by atoms with Crippen LogP contribution in [0.4, 0.5) is 0 Å². The number of carbonyl (C=O) groups is 1. The van der Waals surface area contributed by atoms with Gasteiger partial charge in [0, 0.05) is 12.7 Å². The van der Waals surface area contributed by atoms with Crippen molar-refractivity contribution >= 4 is 26.7 Å². The average Bonchev–Trinajstić information content (AvgIpc) is 1.87. The number of hydrogen-bond acceptors (Lipinski definition) is 5. The highest BCUT2D eigenvalue weighted by molar-refractivity contribution is 8.14. The highest BCUT2D eigenvalue weighted by Gasteiger charge is 2.08. The van der Waals surface area contributed by atoms with E-state index in [9.17, 15) is 13.2 Å². The molecule has 0 fully saturated rings. The summed E-state index contributed by atoms with van der Waals surface area (Å²) in [7, 11) is -3.33. The van der Waals surface area contributed by atoms with Crippen LogP contribution in [-0.2, 0) is 14.6 Å². The van der Waals surface area contributed by atoms with Gasteiger partial charge < -0.3 is 5.11 Å². The summed E-state index contributed by atoms with van der Waals surface area (Å²) in [6.45, 7) is 1.37. The smallest absolute Gasteiger partial charge is 0.185 e. The maximum absolute atomic E-state index is 10.6. The minimum absolute atomic E-state index is 0.113. The van der Waals surface area contributed by atoms with E-state index >= 15 is 0 Å². The number of hydrogen-bond donors (Lipinski definition) is 1. The molecule has 0 aromatic heterocycles. The van der Waals surface area contributed by atoms with E-state index in [4.69, 9.17) is 5.11 Å². The third-order valence-electron chi connectivity index (χ3n) is 0.896. The molecule has 0 atom stereocenters. The van der Waals surface area contributed by atoms with Gasteiger partial charge in [-0.1, -0.05) is 11.8 Å². The van der Waals surface area contributed by atoms with Crippen molar-refractivity contribution in [1.29, 1.82) is 0 Å². The molecule has 0 rings (SSSR count). The lowest BCUT2D eigenvalue weighted by Gasteiger charge is -1.97. The molecule has 0 aliphatic heterocycles. The predicted molar refractivity (Wildman–Crippen MR) is 44.0 cm³/mol. The van der Waals surface area contributed by atoms with Gasteiger partial charge in [0.2, 0.25) is 0 Å². The van der Waals surface area contributed by atoms with Crippen LogP contribution >= 0.6 is 11.8 Å². The van der Waals surface area contributed by atoms with Gasteiger partial charge in [0.25, 0.3) is 0 Å². The second-order valence-electron chi connectivity index (χ2n) is 1.92. The van der Waals surface area contributed by atoms with Crippen LogP contribution in [0.25, 0.3) is 0 Å². The highest BCUT2D eigenvalue weighted by atomic mass is 32.2. The van der Waals surface area contributed by atoms with Crippen molar-refractivity contribution in [3.63, 3.8) is 0 Å². The van der Waals surface area contributed by atoms with Gasteiger partial charge in [-0.3, -0.25) is 4.79 Å². The molecule has 0 amide bonds. The van der Waals surface area contributed by atoms with Crippen molar-refractivity contribution in [1.82, 2.24) is 0 Å². The Balaban J connectivity index is 3.63. The Kier molecular flexibility index (Phi) is 4.71. The molecule has 66 valence electrons. The van der Waals surface area contributed by atoms with Crippen LogP contribution in [0, 0.1) is 0 Å². The summed E-state index contributed by atoms with van der Waals surface area (Å²) in [5, 5.41) is 8.16. The highest BCUT2D eigenvalue weighted by Crippen LogP contribution is 2.02. The lowest BCUT2D eigenvalue weighted by atomic mass is 10.9. The van der Waals surface area contributed by atoms with Crippen LogP contribution in [-0.4, -0.2) is 36.1 Å². The third kappa shape index (κ3) is 6.33. The number of aliphatic hydroxyl groups is 1. The molecule has 0 saturated carbocycles. The minimum Gasteiger partial charge on any atom is -0.380 e. The summed E-state index contributed by atoms with van der Waals surface area (Å²) < 4.78 is 21.2.